The molecule has 2 nitrogen and oxygen atoms in total. The van der Waals surface area contributed by atoms with Crippen LogP contribution in [0, 0.1) is 0 Å². The molecule has 20 heavy (non-hydrogen) atoms. The molecule has 1 amide bonds. The van der Waals surface area contributed by atoms with Crippen molar-refractivity contribution < 1.29 is 9.18 Å². The monoisotopic (exact) mass is 311 g/mol. The number of nitrogens with zero attached hydrogens (tertiary/aromatic N) is 1. The van der Waals surface area contributed by atoms with Gasteiger partial charge in [0.15, 0.2) is 0 Å². The third-order valence-electron chi connectivity index (χ3n) is 3.78. The lowest BCUT2D eigenvalue weighted by Gasteiger charge is -2.27. The maximum absolute atomic E-state index is 12.8. The van der Waals surface area contributed by atoms with Crippen molar-refractivity contribution in [2.45, 2.75) is 44.8 Å². The van der Waals surface area contributed by atoms with E-state index in [2.05, 4.69) is 38.8 Å². The molecule has 0 aromatic heterocycles. The molecule has 112 valence electrons. The minimum absolute atomic E-state index is 0.642. The molecule has 1 aromatic carbocycles. The summed E-state index contributed by atoms with van der Waals surface area (Å²) in [5.74, 6) is 0. The molecule has 0 saturated heterocycles. The quantitative estimate of drug-likeness (QED) is 0.446. The van der Waals surface area contributed by atoms with Crippen molar-refractivity contribution in [3.05, 3.63) is 24.3 Å². The van der Waals surface area contributed by atoms with E-state index >= 15 is 0 Å². The first kappa shape index (κ1) is 17.1. The molecule has 1 rings (SSSR count). The summed E-state index contributed by atoms with van der Waals surface area (Å²) in [4.78, 5) is 11.9. The van der Waals surface area contributed by atoms with Gasteiger partial charge in [0.1, 0.15) is 0 Å². The van der Waals surface area contributed by atoms with E-state index in [9.17, 15) is 9.18 Å². The van der Waals surface area contributed by atoms with Crippen LogP contribution < -0.4 is 10.1 Å². The highest BCUT2D eigenvalue weighted by molar-refractivity contribution is 6.91. The maximum Gasteiger partial charge on any atom is 0.404 e. The zero-order valence-corrected chi connectivity index (χ0v) is 15.5. The topological polar surface area (TPSA) is 20.3 Å². The van der Waals surface area contributed by atoms with Gasteiger partial charge in [-0.25, -0.2) is 4.79 Å². The summed E-state index contributed by atoms with van der Waals surface area (Å²) in [6.07, 6.45) is -1.41. The van der Waals surface area contributed by atoms with Crippen LogP contribution in [0.4, 0.5) is 14.9 Å². The number of carbonyl (C=O) groups excluding carboxylic acids is 1. The first-order valence-electron chi connectivity index (χ1n) is 7.07. The predicted molar refractivity (Wildman–Crippen MR) is 91.4 cm³/mol. The Morgan fingerprint density at radius 3 is 2.25 bits per heavy atom. The molecule has 0 heterocycles. The fourth-order valence-electron chi connectivity index (χ4n) is 2.07. The van der Waals surface area contributed by atoms with Crippen molar-refractivity contribution in [1.82, 2.24) is 0 Å². The van der Waals surface area contributed by atoms with E-state index in [1.54, 1.807) is 6.07 Å². The number of halogens is 1. The number of amides is 1. The number of carbonyl (C=O) groups is 1. The van der Waals surface area contributed by atoms with Gasteiger partial charge in [-0.15, -0.1) is 4.39 Å². The van der Waals surface area contributed by atoms with Crippen molar-refractivity contribution in [2.75, 3.05) is 11.9 Å². The molecule has 0 spiro atoms. The van der Waals surface area contributed by atoms with Crippen LogP contribution in [0.1, 0.15) is 0 Å². The van der Waals surface area contributed by atoms with Crippen molar-refractivity contribution >= 4 is 33.2 Å². The average Bonchev–Trinajstić information content (AvgIpc) is 2.35. The van der Waals surface area contributed by atoms with Crippen molar-refractivity contribution in [1.29, 1.82) is 0 Å². The fourth-order valence-corrected chi connectivity index (χ4v) is 8.94. The zero-order chi connectivity index (χ0) is 15.6. The lowest BCUT2D eigenvalue weighted by molar-refractivity contribution is 0.229. The Kier molecular flexibility index (Phi) is 5.32. The van der Waals surface area contributed by atoms with Crippen LogP contribution >= 0.6 is 0 Å². The normalized spacial score (nSPS) is 12.3. The summed E-state index contributed by atoms with van der Waals surface area (Å²) in [6.45, 7) is 11.9. The molecule has 0 radical (unpaired) electrons. The Hall–Kier alpha value is -0.946. The summed E-state index contributed by atoms with van der Waals surface area (Å²) in [6, 6.07) is 10.4. The maximum atomic E-state index is 12.8. The SMILES string of the molecule is CN(C(=O)F)c1cccc([Si](C)(C)CC[Si](C)(C)C)c1. The molecule has 5 heteroatoms. The number of anilines is 1. The number of hydrogen-bond acceptors (Lipinski definition) is 1. The molecule has 0 fully saturated rings. The number of benzene rings is 1. The lowest BCUT2D eigenvalue weighted by Crippen LogP contribution is -2.43. The second-order valence-electron chi connectivity index (χ2n) is 7.31. The highest BCUT2D eigenvalue weighted by atomic mass is 28.3. The smallest absolute Gasteiger partial charge is 0.287 e. The van der Waals surface area contributed by atoms with Gasteiger partial charge in [0.05, 0.1) is 8.07 Å². The fraction of sp³-hybridized carbons (Fsp3) is 0.533. The van der Waals surface area contributed by atoms with Crippen LogP contribution in [0.3, 0.4) is 0 Å². The molecule has 0 unspecified atom stereocenters. The third kappa shape index (κ3) is 4.87. The summed E-state index contributed by atoms with van der Waals surface area (Å²) >= 11 is 0. The van der Waals surface area contributed by atoms with Gasteiger partial charge in [0.25, 0.3) is 0 Å². The molecule has 0 bridgehead atoms. The highest BCUT2D eigenvalue weighted by Crippen LogP contribution is 2.22. The third-order valence-corrected chi connectivity index (χ3v) is 9.40. The Balaban J connectivity index is 2.95. The minimum Gasteiger partial charge on any atom is -0.287 e. The molecule has 0 aliphatic carbocycles. The molecule has 0 atom stereocenters. The second kappa shape index (κ2) is 6.22. The van der Waals surface area contributed by atoms with Gasteiger partial charge in [0.2, 0.25) is 0 Å². The standard InChI is InChI=1S/C15H26FNOSi2/c1-17(15(16)18)13-8-7-9-14(12-13)20(5,6)11-10-19(2,3)4/h7-9,12H,10-11H2,1-6H3. The lowest BCUT2D eigenvalue weighted by atomic mass is 10.3. The first-order valence-corrected chi connectivity index (χ1v) is 14.0. The van der Waals surface area contributed by atoms with Crippen molar-refractivity contribution in [3.8, 4) is 0 Å². The van der Waals surface area contributed by atoms with E-state index in [0.717, 1.165) is 4.90 Å². The summed E-state index contributed by atoms with van der Waals surface area (Å²) < 4.78 is 12.8. The van der Waals surface area contributed by atoms with E-state index in [1.165, 1.54) is 24.3 Å². The van der Waals surface area contributed by atoms with Crippen LogP contribution in [0.25, 0.3) is 0 Å². The van der Waals surface area contributed by atoms with E-state index in [4.69, 9.17) is 0 Å². The second-order valence-corrected chi connectivity index (χ2v) is 17.8. The van der Waals surface area contributed by atoms with Crippen molar-refractivity contribution in [3.63, 3.8) is 0 Å². The molecular weight excluding hydrogens is 285 g/mol. The number of rotatable bonds is 5. The summed E-state index contributed by atoms with van der Waals surface area (Å²) in [5.41, 5.74) is 0.642. The number of hydrogen-bond donors (Lipinski definition) is 0. The van der Waals surface area contributed by atoms with Crippen LogP contribution in [0.2, 0.25) is 44.8 Å². The Morgan fingerprint density at radius 2 is 1.75 bits per heavy atom. The molecule has 0 aliphatic rings. The molecule has 1 aromatic rings. The molecular formula is C15H26FNOSi2. The summed E-state index contributed by atoms with van der Waals surface area (Å²) in [5, 5.41) is 1.29. The van der Waals surface area contributed by atoms with Crippen LogP contribution in [-0.2, 0) is 0 Å². The largest absolute Gasteiger partial charge is 0.404 e. The minimum atomic E-state index is -1.53. The Morgan fingerprint density at radius 1 is 1.15 bits per heavy atom. The average molecular weight is 312 g/mol. The van der Waals surface area contributed by atoms with Gasteiger partial charge in [-0.3, -0.25) is 4.90 Å². The molecule has 0 N–H and O–H groups in total. The van der Waals surface area contributed by atoms with Gasteiger partial charge in [-0.1, -0.05) is 62.1 Å². The van der Waals surface area contributed by atoms with E-state index in [0.29, 0.717) is 5.69 Å². The zero-order valence-electron chi connectivity index (χ0n) is 13.5. The van der Waals surface area contributed by atoms with Gasteiger partial charge in [0, 0.05) is 20.8 Å². The summed E-state index contributed by atoms with van der Waals surface area (Å²) in [7, 11) is -1.10. The highest BCUT2D eigenvalue weighted by Gasteiger charge is 2.27. The molecule has 0 aliphatic heterocycles. The van der Waals surface area contributed by atoms with E-state index in [1.807, 2.05) is 12.1 Å². The van der Waals surface area contributed by atoms with Gasteiger partial charge in [-0.2, -0.15) is 0 Å². The van der Waals surface area contributed by atoms with Gasteiger partial charge < -0.3 is 0 Å². The van der Waals surface area contributed by atoms with E-state index in [-0.39, 0.29) is 0 Å². The first-order chi connectivity index (χ1) is 9.03. The van der Waals surface area contributed by atoms with E-state index < -0.39 is 22.3 Å². The van der Waals surface area contributed by atoms with Crippen LogP contribution in [0.15, 0.2) is 24.3 Å². The van der Waals surface area contributed by atoms with Crippen molar-refractivity contribution in [2.24, 2.45) is 0 Å². The van der Waals surface area contributed by atoms with Gasteiger partial charge >= 0.3 is 6.16 Å². The Labute approximate surface area is 124 Å². The predicted octanol–water partition coefficient (Wildman–Crippen LogP) is 4.47. The molecule has 0 saturated carbocycles. The van der Waals surface area contributed by atoms with Crippen LogP contribution in [-0.4, -0.2) is 29.4 Å². The Bertz CT molecular complexity index is 483. The van der Waals surface area contributed by atoms with Gasteiger partial charge in [-0.05, 0) is 12.1 Å². The van der Waals surface area contributed by atoms with Crippen LogP contribution in [0.5, 0.6) is 0 Å².